The average molecular weight is 396 g/mol. The van der Waals surface area contributed by atoms with Crippen molar-refractivity contribution in [1.82, 2.24) is 9.55 Å². The Hall–Kier alpha value is -0.930. The number of nitrogens with zero attached hydrogens (tertiary/aromatic N) is 1. The third kappa shape index (κ3) is 3.99. The molecule has 1 fully saturated rings. The van der Waals surface area contributed by atoms with Gasteiger partial charge < -0.3 is 54.8 Å². The standard InChI is InChI=1S/C14H24N2O9S/c1-24-13-8(12(23)11(22)7(4-18)25-13)16-2-5(15-14(16)26)9(20)10(21)6(19)3-17/h2,6-13,17-23H,3-4H2,1H3,(H,15,26)/t6-,7-,8-,9-,10-,11-,12-,13+/m1/s1. The first-order valence-electron chi connectivity index (χ1n) is 7.88. The van der Waals surface area contributed by atoms with Gasteiger partial charge in [-0.15, -0.1) is 0 Å². The van der Waals surface area contributed by atoms with Crippen LogP contribution in [0.25, 0.3) is 0 Å². The van der Waals surface area contributed by atoms with E-state index >= 15 is 0 Å². The van der Waals surface area contributed by atoms with Crippen molar-refractivity contribution in [3.8, 4) is 0 Å². The lowest BCUT2D eigenvalue weighted by Gasteiger charge is -2.41. The van der Waals surface area contributed by atoms with Gasteiger partial charge in [0.05, 0.1) is 18.9 Å². The van der Waals surface area contributed by atoms with Crippen molar-refractivity contribution >= 4 is 12.2 Å². The van der Waals surface area contributed by atoms with Crippen molar-refractivity contribution in [2.45, 2.75) is 49.0 Å². The van der Waals surface area contributed by atoms with Crippen molar-refractivity contribution in [2.75, 3.05) is 20.3 Å². The molecule has 0 amide bonds. The third-order valence-corrected chi connectivity index (χ3v) is 4.70. The molecule has 8 atom stereocenters. The average Bonchev–Trinajstić information content (AvgIpc) is 3.02. The van der Waals surface area contributed by atoms with Crippen molar-refractivity contribution in [3.63, 3.8) is 0 Å². The Labute approximate surface area is 153 Å². The normalized spacial score (nSPS) is 33.0. The number of H-pyrrole nitrogens is 1. The van der Waals surface area contributed by atoms with Crippen LogP contribution in [0.3, 0.4) is 0 Å². The van der Waals surface area contributed by atoms with Gasteiger partial charge in [-0.1, -0.05) is 0 Å². The molecule has 11 nitrogen and oxygen atoms in total. The molecule has 1 aliphatic rings. The number of nitrogens with one attached hydrogen (secondary N) is 1. The predicted molar refractivity (Wildman–Crippen MR) is 87.5 cm³/mol. The minimum atomic E-state index is -1.68. The summed E-state index contributed by atoms with van der Waals surface area (Å²) in [4.78, 5) is 2.63. The summed E-state index contributed by atoms with van der Waals surface area (Å²) in [5, 5.41) is 68.0. The number of aromatic amines is 1. The molecule has 0 bridgehead atoms. The molecular formula is C14H24N2O9S. The van der Waals surface area contributed by atoms with E-state index in [9.17, 15) is 30.6 Å². The van der Waals surface area contributed by atoms with E-state index in [0.717, 1.165) is 0 Å². The maximum absolute atomic E-state index is 10.4. The lowest BCUT2D eigenvalue weighted by atomic mass is 9.97. The van der Waals surface area contributed by atoms with Gasteiger partial charge in [-0.2, -0.15) is 0 Å². The first kappa shape index (κ1) is 21.4. The van der Waals surface area contributed by atoms with Gasteiger partial charge in [0.2, 0.25) is 0 Å². The zero-order valence-corrected chi connectivity index (χ0v) is 14.7. The summed E-state index contributed by atoms with van der Waals surface area (Å²) < 4.78 is 11.9. The smallest absolute Gasteiger partial charge is 0.181 e. The minimum Gasteiger partial charge on any atom is -0.394 e. The molecular weight excluding hydrogens is 372 g/mol. The molecule has 0 spiro atoms. The Morgan fingerprint density at radius 3 is 2.46 bits per heavy atom. The van der Waals surface area contributed by atoms with Gasteiger partial charge in [-0.3, -0.25) is 0 Å². The van der Waals surface area contributed by atoms with Crippen LogP contribution in [0.15, 0.2) is 6.20 Å². The molecule has 1 saturated heterocycles. The number of rotatable bonds is 7. The van der Waals surface area contributed by atoms with E-state index < -0.39 is 62.2 Å². The van der Waals surface area contributed by atoms with Crippen LogP contribution in [-0.2, 0) is 9.47 Å². The van der Waals surface area contributed by atoms with Crippen LogP contribution < -0.4 is 0 Å². The van der Waals surface area contributed by atoms with Crippen molar-refractivity contribution in [1.29, 1.82) is 0 Å². The summed E-state index contributed by atoms with van der Waals surface area (Å²) >= 11 is 5.15. The largest absolute Gasteiger partial charge is 0.394 e. The second kappa shape index (κ2) is 8.84. The molecule has 1 aromatic heterocycles. The van der Waals surface area contributed by atoms with Crippen LogP contribution in [-0.4, -0.2) is 102 Å². The van der Waals surface area contributed by atoms with Gasteiger partial charge in [0.15, 0.2) is 11.1 Å². The maximum atomic E-state index is 10.4. The van der Waals surface area contributed by atoms with E-state index in [1.54, 1.807) is 0 Å². The second-order valence-corrected chi connectivity index (χ2v) is 6.43. The number of aromatic nitrogens is 2. The van der Waals surface area contributed by atoms with Crippen LogP contribution in [0.2, 0.25) is 0 Å². The molecule has 0 unspecified atom stereocenters. The van der Waals surface area contributed by atoms with Crippen LogP contribution in [0.5, 0.6) is 0 Å². The van der Waals surface area contributed by atoms with E-state index in [1.165, 1.54) is 17.9 Å². The van der Waals surface area contributed by atoms with E-state index in [0.29, 0.717) is 0 Å². The summed E-state index contributed by atoms with van der Waals surface area (Å²) in [6.07, 6.45) is -8.52. The Morgan fingerprint density at radius 2 is 1.92 bits per heavy atom. The van der Waals surface area contributed by atoms with Crippen LogP contribution >= 0.6 is 12.2 Å². The zero-order chi connectivity index (χ0) is 19.6. The highest BCUT2D eigenvalue weighted by Gasteiger charge is 2.46. The molecule has 12 heteroatoms. The van der Waals surface area contributed by atoms with E-state index in [2.05, 4.69) is 4.98 Å². The molecule has 0 aromatic carbocycles. The van der Waals surface area contributed by atoms with E-state index in [1.807, 2.05) is 0 Å². The summed E-state index contributed by atoms with van der Waals surface area (Å²) in [6.45, 7) is -1.28. The highest BCUT2D eigenvalue weighted by molar-refractivity contribution is 7.71. The van der Waals surface area contributed by atoms with Gasteiger partial charge in [0.1, 0.15) is 42.7 Å². The first-order valence-corrected chi connectivity index (χ1v) is 8.29. The number of aliphatic hydroxyl groups excluding tert-OH is 7. The molecule has 150 valence electrons. The molecule has 8 N–H and O–H groups in total. The van der Waals surface area contributed by atoms with E-state index in [4.69, 9.17) is 26.8 Å². The Bertz CT molecular complexity index is 636. The van der Waals surface area contributed by atoms with E-state index in [-0.39, 0.29) is 10.5 Å². The highest BCUT2D eigenvalue weighted by Crippen LogP contribution is 2.32. The molecule has 0 radical (unpaired) electrons. The minimum absolute atomic E-state index is 0.0100. The fraction of sp³-hybridized carbons (Fsp3) is 0.786. The van der Waals surface area contributed by atoms with Gasteiger partial charge in [-0.25, -0.2) is 0 Å². The lowest BCUT2D eigenvalue weighted by Crippen LogP contribution is -2.56. The van der Waals surface area contributed by atoms with Gasteiger partial charge in [-0.05, 0) is 12.2 Å². The maximum Gasteiger partial charge on any atom is 0.181 e. The fourth-order valence-corrected chi connectivity index (χ4v) is 3.15. The van der Waals surface area contributed by atoms with Gasteiger partial charge in [0.25, 0.3) is 0 Å². The Morgan fingerprint density at radius 1 is 1.27 bits per heavy atom. The van der Waals surface area contributed by atoms with Crippen molar-refractivity contribution in [3.05, 3.63) is 16.7 Å². The molecule has 26 heavy (non-hydrogen) atoms. The molecule has 2 rings (SSSR count). The Kier molecular flexibility index (Phi) is 7.27. The Balaban J connectivity index is 2.33. The summed E-state index contributed by atoms with van der Waals surface area (Å²) in [7, 11) is 1.31. The van der Waals surface area contributed by atoms with Crippen molar-refractivity contribution < 1.29 is 45.2 Å². The van der Waals surface area contributed by atoms with Crippen LogP contribution in [0.4, 0.5) is 0 Å². The monoisotopic (exact) mass is 396 g/mol. The number of methoxy groups -OCH3 is 1. The van der Waals surface area contributed by atoms with Gasteiger partial charge >= 0.3 is 0 Å². The van der Waals surface area contributed by atoms with Crippen molar-refractivity contribution in [2.24, 2.45) is 0 Å². The SMILES string of the molecule is CO[C@H]1O[C@H](CO)[C@@H](O)[C@H](O)[C@H]1n1cc([C@@H](O)[C@H](O)[C@H](O)CO)[nH]c1=S. The summed E-state index contributed by atoms with van der Waals surface area (Å²) in [6, 6.07) is -1.01. The fourth-order valence-electron chi connectivity index (χ4n) is 2.86. The highest BCUT2D eigenvalue weighted by atomic mass is 32.1. The lowest BCUT2D eigenvalue weighted by molar-refractivity contribution is -0.272. The predicted octanol–water partition coefficient (Wildman–Crippen LogP) is -3.08. The molecule has 1 aromatic rings. The first-order chi connectivity index (χ1) is 12.3. The number of ether oxygens (including phenoxy) is 2. The zero-order valence-electron chi connectivity index (χ0n) is 13.9. The number of hydrogen-bond donors (Lipinski definition) is 8. The van der Waals surface area contributed by atoms with Crippen LogP contribution in [0.1, 0.15) is 17.8 Å². The molecule has 1 aliphatic heterocycles. The number of imidazole rings is 1. The summed E-state index contributed by atoms with van der Waals surface area (Å²) in [5.41, 5.74) is 0.0100. The van der Waals surface area contributed by atoms with Gasteiger partial charge in [0, 0.05) is 13.3 Å². The second-order valence-electron chi connectivity index (χ2n) is 6.04. The number of aliphatic hydroxyl groups is 7. The third-order valence-electron chi connectivity index (χ3n) is 4.39. The topological polar surface area (TPSA) is 181 Å². The molecule has 0 aliphatic carbocycles. The van der Waals surface area contributed by atoms with Crippen LogP contribution in [0, 0.1) is 4.77 Å². The molecule has 2 heterocycles. The quantitative estimate of drug-likeness (QED) is 0.220. The number of hydrogen-bond acceptors (Lipinski definition) is 10. The summed E-state index contributed by atoms with van der Waals surface area (Å²) in [5.74, 6) is 0. The molecule has 0 saturated carbocycles.